The first-order chi connectivity index (χ1) is 14.3. The number of nitrogens with zero attached hydrogens (tertiary/aromatic N) is 2. The molecule has 9 heteroatoms. The molecule has 30 heavy (non-hydrogen) atoms. The van der Waals surface area contributed by atoms with Crippen LogP contribution in [-0.4, -0.2) is 35.3 Å². The molecule has 1 aromatic heterocycles. The van der Waals surface area contributed by atoms with Crippen LogP contribution in [0.4, 0.5) is 10.1 Å². The van der Waals surface area contributed by atoms with Crippen molar-refractivity contribution in [2.75, 3.05) is 24.6 Å². The number of nitrogens with two attached hydrogens (primary N) is 1. The highest BCUT2D eigenvalue weighted by molar-refractivity contribution is 5.93. The van der Waals surface area contributed by atoms with Crippen LogP contribution in [0.1, 0.15) is 43.1 Å². The zero-order chi connectivity index (χ0) is 21.6. The molecule has 8 nitrogen and oxygen atoms in total. The SMILES string of the molecule is CCONC1=CN(c2cc3c(cc2F)c(=O)c(C(=O)O)cn3C2CC2)CC1(C)CN. The van der Waals surface area contributed by atoms with Gasteiger partial charge in [0.25, 0.3) is 0 Å². The summed E-state index contributed by atoms with van der Waals surface area (Å²) in [6.07, 6.45) is 4.91. The Hall–Kier alpha value is -2.91. The second kappa shape index (κ2) is 7.41. The van der Waals surface area contributed by atoms with Crippen LogP contribution in [0.25, 0.3) is 10.9 Å². The molecular formula is C21H25FN4O4. The van der Waals surface area contributed by atoms with E-state index in [1.165, 1.54) is 6.20 Å². The van der Waals surface area contributed by atoms with E-state index in [0.717, 1.165) is 24.6 Å². The summed E-state index contributed by atoms with van der Waals surface area (Å²) in [5, 5.41) is 9.45. The molecule has 0 saturated heterocycles. The molecule has 160 valence electrons. The molecule has 4 rings (SSSR count). The van der Waals surface area contributed by atoms with Gasteiger partial charge in [0.15, 0.2) is 0 Å². The number of benzene rings is 1. The molecule has 1 saturated carbocycles. The predicted molar refractivity (Wildman–Crippen MR) is 111 cm³/mol. The average molecular weight is 416 g/mol. The maximum absolute atomic E-state index is 15.1. The van der Waals surface area contributed by atoms with Gasteiger partial charge in [-0.25, -0.2) is 9.18 Å². The highest BCUT2D eigenvalue weighted by atomic mass is 19.1. The molecule has 0 amide bonds. The van der Waals surface area contributed by atoms with Gasteiger partial charge in [-0.2, -0.15) is 0 Å². The average Bonchev–Trinajstić information content (AvgIpc) is 3.50. The van der Waals surface area contributed by atoms with Crippen molar-refractivity contribution in [2.24, 2.45) is 11.1 Å². The number of hydrogen-bond acceptors (Lipinski definition) is 6. The first-order valence-electron chi connectivity index (χ1n) is 9.97. The van der Waals surface area contributed by atoms with Crippen LogP contribution in [0, 0.1) is 11.2 Å². The molecule has 0 bridgehead atoms. The molecule has 0 radical (unpaired) electrons. The third kappa shape index (κ3) is 3.33. The van der Waals surface area contributed by atoms with E-state index in [4.69, 9.17) is 10.6 Å². The largest absolute Gasteiger partial charge is 0.477 e. The number of anilines is 1. The Labute approximate surface area is 172 Å². The fraction of sp³-hybridized carbons (Fsp3) is 0.429. The molecule has 2 heterocycles. The summed E-state index contributed by atoms with van der Waals surface area (Å²) >= 11 is 0. The van der Waals surface area contributed by atoms with Crippen LogP contribution in [0.5, 0.6) is 0 Å². The van der Waals surface area contributed by atoms with E-state index in [2.05, 4.69) is 5.48 Å². The molecule has 1 unspecified atom stereocenters. The van der Waals surface area contributed by atoms with Crippen LogP contribution in [-0.2, 0) is 4.84 Å². The second-order valence-corrected chi connectivity index (χ2v) is 8.11. The zero-order valence-electron chi connectivity index (χ0n) is 16.9. The van der Waals surface area contributed by atoms with Gasteiger partial charge in [0.1, 0.15) is 11.4 Å². The summed E-state index contributed by atoms with van der Waals surface area (Å²) in [7, 11) is 0. The molecule has 2 aliphatic rings. The maximum atomic E-state index is 15.1. The Balaban J connectivity index is 1.85. The molecule has 1 atom stereocenters. The van der Waals surface area contributed by atoms with Gasteiger partial charge in [-0.1, -0.05) is 6.92 Å². The van der Waals surface area contributed by atoms with Gasteiger partial charge in [0, 0.05) is 42.3 Å². The van der Waals surface area contributed by atoms with E-state index in [0.29, 0.717) is 30.9 Å². The van der Waals surface area contributed by atoms with E-state index < -0.39 is 22.6 Å². The van der Waals surface area contributed by atoms with E-state index in [-0.39, 0.29) is 17.0 Å². The van der Waals surface area contributed by atoms with Crippen molar-refractivity contribution in [1.82, 2.24) is 10.0 Å². The fourth-order valence-corrected chi connectivity index (χ4v) is 3.83. The normalized spacial score (nSPS) is 21.2. The summed E-state index contributed by atoms with van der Waals surface area (Å²) < 4.78 is 16.9. The van der Waals surface area contributed by atoms with Gasteiger partial charge in [0.2, 0.25) is 5.43 Å². The topological polar surface area (TPSA) is 110 Å². The monoisotopic (exact) mass is 416 g/mol. The molecule has 1 aliphatic carbocycles. The first-order valence-corrected chi connectivity index (χ1v) is 9.97. The molecule has 2 aromatic rings. The Morgan fingerprint density at radius 2 is 2.17 bits per heavy atom. The quantitative estimate of drug-likeness (QED) is 0.594. The lowest BCUT2D eigenvalue weighted by Crippen LogP contribution is -2.38. The number of carbonyl (C=O) groups is 1. The van der Waals surface area contributed by atoms with Crippen molar-refractivity contribution in [3.05, 3.63) is 51.8 Å². The fourth-order valence-electron chi connectivity index (χ4n) is 3.83. The summed E-state index contributed by atoms with van der Waals surface area (Å²) in [5.41, 5.74) is 8.96. The second-order valence-electron chi connectivity index (χ2n) is 8.11. The molecule has 1 fully saturated rings. The van der Waals surface area contributed by atoms with Crippen molar-refractivity contribution in [1.29, 1.82) is 0 Å². The zero-order valence-corrected chi connectivity index (χ0v) is 16.9. The first kappa shape index (κ1) is 20.4. The number of fused-ring (bicyclic) bond motifs is 1. The van der Waals surface area contributed by atoms with Crippen molar-refractivity contribution < 1.29 is 19.1 Å². The third-order valence-electron chi connectivity index (χ3n) is 5.81. The summed E-state index contributed by atoms with van der Waals surface area (Å²) in [4.78, 5) is 31.2. The molecular weight excluding hydrogens is 391 g/mol. The van der Waals surface area contributed by atoms with Crippen molar-refractivity contribution in [3.63, 3.8) is 0 Å². The highest BCUT2D eigenvalue weighted by Crippen LogP contribution is 2.40. The Bertz CT molecular complexity index is 1110. The molecule has 4 N–H and O–H groups in total. The van der Waals surface area contributed by atoms with E-state index in [9.17, 15) is 14.7 Å². The highest BCUT2D eigenvalue weighted by Gasteiger charge is 2.37. The van der Waals surface area contributed by atoms with Gasteiger partial charge >= 0.3 is 5.97 Å². The van der Waals surface area contributed by atoms with Gasteiger partial charge < -0.3 is 20.3 Å². The summed E-state index contributed by atoms with van der Waals surface area (Å²) in [6, 6.07) is 2.87. The van der Waals surface area contributed by atoms with Gasteiger partial charge in [0.05, 0.1) is 23.5 Å². The molecule has 1 aliphatic heterocycles. The van der Waals surface area contributed by atoms with Crippen LogP contribution in [0.3, 0.4) is 0 Å². The van der Waals surface area contributed by atoms with E-state index >= 15 is 4.39 Å². The summed E-state index contributed by atoms with van der Waals surface area (Å²) in [6.45, 7) is 5.04. The Morgan fingerprint density at radius 3 is 2.77 bits per heavy atom. The number of carboxylic acids is 1. The van der Waals surface area contributed by atoms with Crippen LogP contribution in [0.2, 0.25) is 0 Å². The number of hydroxylamine groups is 1. The van der Waals surface area contributed by atoms with E-state index in [1.807, 2.05) is 13.8 Å². The van der Waals surface area contributed by atoms with E-state index in [1.54, 1.807) is 21.7 Å². The van der Waals surface area contributed by atoms with Crippen LogP contribution < -0.4 is 21.5 Å². The number of halogens is 1. The number of carboxylic acid groups (broad SMARTS) is 1. The predicted octanol–water partition coefficient (Wildman–Crippen LogP) is 2.34. The third-order valence-corrected chi connectivity index (χ3v) is 5.81. The van der Waals surface area contributed by atoms with Gasteiger partial charge in [-0.05, 0) is 31.9 Å². The van der Waals surface area contributed by atoms with Crippen LogP contribution in [0.15, 0.2) is 35.0 Å². The number of hydrogen-bond donors (Lipinski definition) is 3. The number of rotatable bonds is 7. The lowest BCUT2D eigenvalue weighted by atomic mass is 9.89. The minimum atomic E-state index is -1.31. The minimum absolute atomic E-state index is 0.0699. The maximum Gasteiger partial charge on any atom is 0.341 e. The van der Waals surface area contributed by atoms with Gasteiger partial charge in [-0.15, -0.1) is 0 Å². The lowest BCUT2D eigenvalue weighted by molar-refractivity contribution is 0.0602. The summed E-state index contributed by atoms with van der Waals surface area (Å²) in [5.74, 6) is -1.91. The van der Waals surface area contributed by atoms with Crippen molar-refractivity contribution >= 4 is 22.6 Å². The van der Waals surface area contributed by atoms with Crippen molar-refractivity contribution in [2.45, 2.75) is 32.7 Å². The molecule has 1 aromatic carbocycles. The molecule has 0 spiro atoms. The van der Waals surface area contributed by atoms with Crippen molar-refractivity contribution in [3.8, 4) is 0 Å². The number of aromatic carboxylic acids is 1. The van der Waals surface area contributed by atoms with Gasteiger partial charge in [-0.3, -0.25) is 15.1 Å². The smallest absolute Gasteiger partial charge is 0.341 e. The standard InChI is InChI=1S/C21H25FN4O4/c1-3-30-24-18-9-25(11-21(18,2)10-23)17-7-16-13(6-15(17)22)19(27)14(20(28)29)8-26(16)12-4-5-12/h6-9,12,24H,3-5,10-11,23H2,1-2H3,(H,28,29). The Kier molecular flexibility index (Phi) is 5.03. The lowest BCUT2D eigenvalue weighted by Gasteiger charge is -2.27. The Morgan fingerprint density at radius 1 is 1.43 bits per heavy atom. The van der Waals surface area contributed by atoms with Crippen LogP contribution >= 0.6 is 0 Å². The number of aromatic nitrogens is 1. The number of pyridine rings is 1. The number of nitrogens with one attached hydrogen (secondary N) is 1. The minimum Gasteiger partial charge on any atom is -0.477 e.